The highest BCUT2D eigenvalue weighted by Crippen LogP contribution is 2.27. The molecule has 0 aromatic heterocycles. The maximum atomic E-state index is 12.2. The Kier molecular flexibility index (Phi) is 8.56. The van der Waals surface area contributed by atoms with E-state index in [4.69, 9.17) is 4.74 Å². The van der Waals surface area contributed by atoms with Crippen molar-refractivity contribution in [2.24, 2.45) is 0 Å². The van der Waals surface area contributed by atoms with Crippen molar-refractivity contribution < 1.29 is 18.3 Å². The van der Waals surface area contributed by atoms with Gasteiger partial charge in [0.15, 0.2) is 0 Å². The van der Waals surface area contributed by atoms with Gasteiger partial charge in [0.2, 0.25) is 0 Å². The first kappa shape index (κ1) is 24.5. The second kappa shape index (κ2) is 11.2. The molecule has 0 aliphatic carbocycles. The first-order valence-electron chi connectivity index (χ1n) is 10.8. The standard InChI is InChI=1S/C24H33N3O4S/c1-18-14-26(15-19(2)25(18)3)23(21-8-6-5-7-9-21)17-27(32(29)30)16-20-10-12-22(13-11-20)24(28)31-4/h5-13,18-19,23H,14-17H2,1-4H3,(H,29,30)/p-1/t18-,19+,23?. The predicted octanol–water partition coefficient (Wildman–Crippen LogP) is 2.84. The number of methoxy groups -OCH3 is 1. The number of hydrogen-bond donors (Lipinski definition) is 0. The van der Waals surface area contributed by atoms with Crippen molar-refractivity contribution in [3.8, 4) is 0 Å². The number of benzene rings is 2. The van der Waals surface area contributed by atoms with Gasteiger partial charge in [0, 0.05) is 55.6 Å². The van der Waals surface area contributed by atoms with E-state index in [1.165, 1.54) is 11.4 Å². The van der Waals surface area contributed by atoms with Crippen LogP contribution >= 0.6 is 0 Å². The SMILES string of the molecule is COC(=O)c1ccc(CN(CC(c2ccccc2)N2C[C@@H](C)N(C)[C@@H](C)C2)S(=O)[O-])cc1. The average molecular weight is 459 g/mol. The number of ether oxygens (including phenoxy) is 1. The number of carbonyl (C=O) groups excluding carboxylic acids is 1. The van der Waals surface area contributed by atoms with Gasteiger partial charge in [-0.15, -0.1) is 0 Å². The van der Waals surface area contributed by atoms with Crippen LogP contribution in [0.25, 0.3) is 0 Å². The third-order valence-corrected chi connectivity index (χ3v) is 7.03. The minimum absolute atomic E-state index is 0.0537. The predicted molar refractivity (Wildman–Crippen MR) is 125 cm³/mol. The molecule has 1 heterocycles. The molecule has 0 bridgehead atoms. The molecule has 2 aromatic rings. The highest BCUT2D eigenvalue weighted by molar-refractivity contribution is 7.76. The van der Waals surface area contributed by atoms with E-state index in [9.17, 15) is 13.6 Å². The van der Waals surface area contributed by atoms with E-state index in [-0.39, 0.29) is 12.6 Å². The van der Waals surface area contributed by atoms with Gasteiger partial charge in [-0.1, -0.05) is 42.5 Å². The number of hydrogen-bond acceptors (Lipinski definition) is 6. The van der Waals surface area contributed by atoms with Gasteiger partial charge in [0.05, 0.1) is 12.7 Å². The van der Waals surface area contributed by atoms with Crippen molar-refractivity contribution in [1.29, 1.82) is 0 Å². The van der Waals surface area contributed by atoms with Crippen molar-refractivity contribution >= 4 is 17.2 Å². The van der Waals surface area contributed by atoms with Gasteiger partial charge >= 0.3 is 5.97 Å². The summed E-state index contributed by atoms with van der Waals surface area (Å²) in [6.07, 6.45) is 0. The molecular formula is C24H32N3O4S-. The maximum Gasteiger partial charge on any atom is 0.337 e. The van der Waals surface area contributed by atoms with Crippen LogP contribution in [0.2, 0.25) is 0 Å². The van der Waals surface area contributed by atoms with Gasteiger partial charge in [0.1, 0.15) is 0 Å². The van der Waals surface area contributed by atoms with Crippen molar-refractivity contribution in [2.45, 2.75) is 38.5 Å². The van der Waals surface area contributed by atoms with Gasteiger partial charge in [-0.25, -0.2) is 9.10 Å². The van der Waals surface area contributed by atoms with Crippen molar-refractivity contribution in [3.05, 3.63) is 71.3 Å². The Morgan fingerprint density at radius 3 is 2.25 bits per heavy atom. The van der Waals surface area contributed by atoms with E-state index in [0.717, 1.165) is 24.2 Å². The third-order valence-electron chi connectivity index (χ3n) is 6.33. The lowest BCUT2D eigenvalue weighted by Crippen LogP contribution is -2.56. The van der Waals surface area contributed by atoms with Gasteiger partial charge in [0.25, 0.3) is 0 Å². The molecule has 4 atom stereocenters. The second-order valence-corrected chi connectivity index (χ2v) is 9.42. The monoisotopic (exact) mass is 458 g/mol. The molecule has 0 radical (unpaired) electrons. The van der Waals surface area contributed by atoms with Crippen LogP contribution in [0.15, 0.2) is 54.6 Å². The van der Waals surface area contributed by atoms with E-state index in [0.29, 0.717) is 24.2 Å². The van der Waals surface area contributed by atoms with E-state index >= 15 is 0 Å². The largest absolute Gasteiger partial charge is 0.760 e. The molecule has 0 spiro atoms. The number of esters is 1. The van der Waals surface area contributed by atoms with E-state index < -0.39 is 17.2 Å². The molecule has 1 fully saturated rings. The third kappa shape index (κ3) is 6.02. The summed E-state index contributed by atoms with van der Waals surface area (Å²) < 4.78 is 30.6. The van der Waals surface area contributed by atoms with Gasteiger partial charge in [-0.05, 0) is 44.2 Å². The smallest absolute Gasteiger partial charge is 0.337 e. The molecule has 2 aromatic carbocycles. The molecule has 1 aliphatic rings. The Bertz CT molecular complexity index is 897. The fraction of sp³-hybridized carbons (Fsp3) is 0.458. The van der Waals surface area contributed by atoms with Crippen molar-refractivity contribution in [3.63, 3.8) is 0 Å². The normalized spacial score (nSPS) is 21.9. The van der Waals surface area contributed by atoms with Gasteiger partial charge in [-0.3, -0.25) is 14.0 Å². The Balaban J connectivity index is 1.82. The summed E-state index contributed by atoms with van der Waals surface area (Å²) >= 11 is -2.39. The van der Waals surface area contributed by atoms with Crippen LogP contribution < -0.4 is 0 Å². The average Bonchev–Trinajstić information content (AvgIpc) is 2.80. The zero-order valence-corrected chi connectivity index (χ0v) is 20.0. The summed E-state index contributed by atoms with van der Waals surface area (Å²) in [7, 11) is 3.48. The molecule has 2 unspecified atom stereocenters. The Hall–Kier alpha value is -2.10. The molecule has 8 heteroatoms. The highest BCUT2D eigenvalue weighted by atomic mass is 32.2. The fourth-order valence-electron chi connectivity index (χ4n) is 4.25. The summed E-state index contributed by atoms with van der Waals surface area (Å²) in [5.74, 6) is -0.414. The van der Waals surface area contributed by atoms with Gasteiger partial charge in [-0.2, -0.15) is 0 Å². The topological polar surface area (TPSA) is 76.2 Å². The molecule has 1 aliphatic heterocycles. The molecule has 32 heavy (non-hydrogen) atoms. The molecule has 174 valence electrons. The highest BCUT2D eigenvalue weighted by Gasteiger charge is 2.32. The molecule has 7 nitrogen and oxygen atoms in total. The summed E-state index contributed by atoms with van der Waals surface area (Å²) in [5.41, 5.74) is 2.36. The van der Waals surface area contributed by atoms with Crippen LogP contribution in [0.3, 0.4) is 0 Å². The van der Waals surface area contributed by atoms with Gasteiger partial charge < -0.3 is 9.29 Å². The second-order valence-electron chi connectivity index (χ2n) is 8.47. The maximum absolute atomic E-state index is 12.2. The lowest BCUT2D eigenvalue weighted by Gasteiger charge is -2.46. The summed E-state index contributed by atoms with van der Waals surface area (Å²) in [6.45, 7) is 6.73. The van der Waals surface area contributed by atoms with Crippen LogP contribution in [-0.4, -0.2) is 74.7 Å². The first-order chi connectivity index (χ1) is 15.3. The lowest BCUT2D eigenvalue weighted by molar-refractivity contribution is 0.0276. The molecule has 0 amide bonds. The number of piperazine rings is 1. The Morgan fingerprint density at radius 2 is 1.72 bits per heavy atom. The van der Waals surface area contributed by atoms with Crippen molar-refractivity contribution in [1.82, 2.24) is 14.1 Å². The number of likely N-dealkylation sites (N-methyl/N-ethyl adjacent to an activating group) is 1. The van der Waals surface area contributed by atoms with Crippen LogP contribution in [0.4, 0.5) is 0 Å². The van der Waals surface area contributed by atoms with E-state index in [1.807, 2.05) is 18.2 Å². The Morgan fingerprint density at radius 1 is 1.12 bits per heavy atom. The number of carbonyl (C=O) groups is 1. The molecule has 0 N–H and O–H groups in total. The zero-order chi connectivity index (χ0) is 23.3. The summed E-state index contributed by atoms with van der Waals surface area (Å²) in [5, 5.41) is 0. The van der Waals surface area contributed by atoms with Crippen molar-refractivity contribution in [2.75, 3.05) is 33.8 Å². The number of rotatable bonds is 8. The molecule has 3 rings (SSSR count). The van der Waals surface area contributed by atoms with E-state index in [1.54, 1.807) is 24.3 Å². The van der Waals surface area contributed by atoms with Crippen LogP contribution in [0.1, 0.15) is 41.4 Å². The Labute approximate surface area is 193 Å². The van der Waals surface area contributed by atoms with Crippen LogP contribution in [0, 0.1) is 0 Å². The first-order valence-corrected chi connectivity index (χ1v) is 11.9. The summed E-state index contributed by atoms with van der Waals surface area (Å²) in [4.78, 5) is 16.4. The van der Waals surface area contributed by atoms with E-state index in [2.05, 4.69) is 42.8 Å². The molecular weight excluding hydrogens is 426 g/mol. The molecule has 1 saturated heterocycles. The molecule has 0 saturated carbocycles. The fourth-order valence-corrected chi connectivity index (χ4v) is 4.76. The quantitative estimate of drug-likeness (QED) is 0.447. The summed E-state index contributed by atoms with van der Waals surface area (Å²) in [6, 6.07) is 17.6. The minimum Gasteiger partial charge on any atom is -0.760 e. The van der Waals surface area contributed by atoms with Crippen LogP contribution in [0.5, 0.6) is 0 Å². The lowest BCUT2D eigenvalue weighted by atomic mass is 10.0. The van der Waals surface area contributed by atoms with Crippen LogP contribution in [-0.2, 0) is 22.5 Å². The zero-order valence-electron chi connectivity index (χ0n) is 19.1. The minimum atomic E-state index is -2.39. The number of nitrogens with zero attached hydrogens (tertiary/aromatic N) is 3.